The van der Waals surface area contributed by atoms with Crippen molar-refractivity contribution in [2.75, 3.05) is 0 Å². The molecule has 2 N–H and O–H groups in total. The van der Waals surface area contributed by atoms with E-state index in [9.17, 15) is 66.0 Å². The molecule has 0 spiro atoms. The van der Waals surface area contributed by atoms with Crippen molar-refractivity contribution in [2.45, 2.75) is 90.0 Å². The second-order valence-electron chi connectivity index (χ2n) is 31.7. The van der Waals surface area contributed by atoms with Crippen LogP contribution >= 0.6 is 22.7 Å². The number of carbonyl (C=O) groups excluding carboxylic acids is 5. The maximum absolute atomic E-state index is 15.0. The number of nitriles is 1. The Labute approximate surface area is 829 Å². The summed E-state index contributed by atoms with van der Waals surface area (Å²) in [6.45, 7) is 12.5. The monoisotopic (exact) mass is 1980 g/mol. The van der Waals surface area contributed by atoms with Crippen molar-refractivity contribution >= 4 is 89.0 Å². The molecule has 32 nitrogen and oxygen atoms in total. The van der Waals surface area contributed by atoms with Gasteiger partial charge in [0.1, 0.15) is 56.8 Å². The van der Waals surface area contributed by atoms with Crippen LogP contribution in [-0.4, -0.2) is 111 Å². The molecule has 0 atom stereocenters. The molecule has 0 bridgehead atoms. The number of hydrogen-bond donors (Lipinski definition) is 1. The van der Waals surface area contributed by atoms with Crippen molar-refractivity contribution in [1.29, 1.82) is 5.26 Å². The van der Waals surface area contributed by atoms with Gasteiger partial charge < -0.3 is 24.7 Å². The summed E-state index contributed by atoms with van der Waals surface area (Å²) < 4.78 is 98.5. The SMILES string of the molecule is C.C.C.C.C=C(/C=C\C)n1c(=O)c(C(=O)Cc2ccc(Oc3ncnn4cc(C(N)=O)cc34)c(F)c2)c(C)n1C.Cc1c(C(=O)Cc2ccc(Oc3c(C#N)cnc4ccsc34)c(F)c2)c(=O)n(-c2ccccc2)n1C.Cc1c(C(=O)Cc2ccc(Oc3ccnc4ccnn34)c(F)c2)c(=O)n(-c2ccccc2)n1C.Cc1c(C(=O)Cc2ccc(Oc3ncnc4ccsc34)c(F)c2)c(=O)n(-c2ccccc2)n1C. The summed E-state index contributed by atoms with van der Waals surface area (Å²) in [5.74, 6) is -4.35. The Morgan fingerprint density at radius 3 is 1.31 bits per heavy atom. The average molecular weight is 1990 g/mol. The highest BCUT2D eigenvalue weighted by atomic mass is 32.1. The van der Waals surface area contributed by atoms with E-state index in [4.69, 9.17) is 24.7 Å². The van der Waals surface area contributed by atoms with Crippen molar-refractivity contribution < 1.29 is 60.5 Å². The minimum atomic E-state index is -0.734. The van der Waals surface area contributed by atoms with Crippen LogP contribution in [0.3, 0.4) is 0 Å². The lowest BCUT2D eigenvalue weighted by molar-refractivity contribution is 0.0982. The lowest BCUT2D eigenvalue weighted by Crippen LogP contribution is -2.23. The van der Waals surface area contributed by atoms with Crippen LogP contribution in [0.4, 0.5) is 17.6 Å². The van der Waals surface area contributed by atoms with Gasteiger partial charge in [-0.25, -0.2) is 55.8 Å². The molecule has 0 aliphatic heterocycles. The topological polar surface area (TPSA) is 379 Å². The molecule has 12 aromatic heterocycles. The van der Waals surface area contributed by atoms with Crippen LogP contribution in [0.2, 0.25) is 0 Å². The Morgan fingerprint density at radius 1 is 0.458 bits per heavy atom. The number of pyridine rings is 1. The molecule has 0 aliphatic carbocycles. The normalized spacial score (nSPS) is 10.8. The maximum Gasteiger partial charge on any atom is 0.282 e. The third-order valence-corrected chi connectivity index (χ3v) is 24.7. The summed E-state index contributed by atoms with van der Waals surface area (Å²) in [5.41, 5.74) is 12.6. The van der Waals surface area contributed by atoms with Crippen LogP contribution in [-0.2, 0) is 53.9 Å². The minimum absolute atomic E-state index is 0. The molecule has 12 heterocycles. The molecule has 0 unspecified atom stereocenters. The molecular formula is C106H97F4N19O13S2. The number of allylic oxidation sites excluding steroid dienone is 3. The molecule has 1 amide bonds. The highest BCUT2D eigenvalue weighted by Gasteiger charge is 2.30. The van der Waals surface area contributed by atoms with E-state index in [1.807, 2.05) is 77.5 Å². The minimum Gasteiger partial charge on any atom is -0.451 e. The first-order chi connectivity index (χ1) is 67.4. The van der Waals surface area contributed by atoms with E-state index in [2.05, 4.69) is 41.7 Å². The number of nitrogens with two attached hydrogens (primary N) is 1. The second kappa shape index (κ2) is 44.9. The molecule has 0 fully saturated rings. The van der Waals surface area contributed by atoms with Gasteiger partial charge in [0, 0.05) is 107 Å². The fraction of sp³-hybridized carbons (Fsp3) is 0.160. The fourth-order valence-corrected chi connectivity index (χ4v) is 17.3. The number of halogens is 4. The Kier molecular flexibility index (Phi) is 32.7. The lowest BCUT2D eigenvalue weighted by Gasteiger charge is -2.10. The van der Waals surface area contributed by atoms with Gasteiger partial charge in [0.2, 0.25) is 23.5 Å². The largest absolute Gasteiger partial charge is 0.451 e. The summed E-state index contributed by atoms with van der Waals surface area (Å²) in [5, 5.41) is 21.2. The van der Waals surface area contributed by atoms with Gasteiger partial charge in [-0.2, -0.15) is 25.0 Å². The zero-order valence-electron chi connectivity index (χ0n) is 76.0. The number of aromatic nitrogens is 17. The third kappa shape index (κ3) is 21.4. The van der Waals surface area contributed by atoms with E-state index in [-0.39, 0.29) is 141 Å². The molecule has 734 valence electrons. The molecule has 19 aromatic rings. The lowest BCUT2D eigenvalue weighted by atomic mass is 10.0. The predicted octanol–water partition coefficient (Wildman–Crippen LogP) is 19.6. The number of rotatable bonds is 26. The van der Waals surface area contributed by atoms with Crippen molar-refractivity contribution in [2.24, 2.45) is 33.9 Å². The number of primary amides is 1. The molecule has 19 rings (SSSR count). The number of benzene rings is 7. The van der Waals surface area contributed by atoms with Crippen LogP contribution in [0.25, 0.3) is 54.4 Å². The molecule has 0 radical (unpaired) electrons. The highest BCUT2D eigenvalue weighted by Crippen LogP contribution is 2.39. The number of carbonyl (C=O) groups is 5. The van der Waals surface area contributed by atoms with Crippen LogP contribution in [0.5, 0.6) is 46.4 Å². The molecule has 0 saturated heterocycles. The Morgan fingerprint density at radius 2 is 0.868 bits per heavy atom. The highest BCUT2D eigenvalue weighted by molar-refractivity contribution is 7.17. The van der Waals surface area contributed by atoms with Gasteiger partial charge in [0.15, 0.2) is 80.8 Å². The Bertz CT molecular complexity index is 8240. The number of Topliss-reactive ketones (excluding diaryl/α,β-unsaturated/α-hetero) is 4. The fourth-order valence-electron chi connectivity index (χ4n) is 15.7. The van der Waals surface area contributed by atoms with E-state index in [0.29, 0.717) is 95.0 Å². The van der Waals surface area contributed by atoms with Crippen LogP contribution < -0.4 is 46.9 Å². The van der Waals surface area contributed by atoms with Crippen LogP contribution in [0.15, 0.2) is 280 Å². The first kappa shape index (κ1) is 105. The zero-order chi connectivity index (χ0) is 99.2. The van der Waals surface area contributed by atoms with Crippen LogP contribution in [0.1, 0.15) is 139 Å². The molecule has 7 aromatic carbocycles. The number of para-hydroxylation sites is 3. The van der Waals surface area contributed by atoms with Crippen molar-refractivity contribution in [3.63, 3.8) is 0 Å². The van der Waals surface area contributed by atoms with E-state index in [1.54, 1.807) is 179 Å². The Hall–Kier alpha value is -18.0. The van der Waals surface area contributed by atoms with E-state index < -0.39 is 63.0 Å². The molecule has 144 heavy (non-hydrogen) atoms. The van der Waals surface area contributed by atoms with E-state index in [1.165, 1.54) is 130 Å². The first-order valence-corrected chi connectivity index (χ1v) is 44.6. The average Bonchev–Trinajstić information content (AvgIpc) is 1.62. The van der Waals surface area contributed by atoms with Gasteiger partial charge in [0.05, 0.1) is 50.3 Å². The first-order valence-electron chi connectivity index (χ1n) is 42.9. The summed E-state index contributed by atoms with van der Waals surface area (Å²) in [7, 11) is 6.83. The summed E-state index contributed by atoms with van der Waals surface area (Å²) >= 11 is 2.74. The number of fused-ring (bicyclic) bond motifs is 4. The quantitative estimate of drug-likeness (QED) is 0.0299. The molecule has 0 saturated carbocycles. The van der Waals surface area contributed by atoms with Gasteiger partial charge in [0.25, 0.3) is 22.2 Å². The summed E-state index contributed by atoms with van der Waals surface area (Å²) in [4.78, 5) is 136. The zero-order valence-corrected chi connectivity index (χ0v) is 77.7. The summed E-state index contributed by atoms with van der Waals surface area (Å²) in [6.07, 6.45) is 11.3. The van der Waals surface area contributed by atoms with Gasteiger partial charge in [-0.3, -0.25) is 66.9 Å². The number of thiophene rings is 2. The predicted molar refractivity (Wildman–Crippen MR) is 543 cm³/mol. The number of hydrogen-bond acceptors (Lipinski definition) is 23. The molecule has 38 heteroatoms. The number of amides is 1. The van der Waals surface area contributed by atoms with Gasteiger partial charge in [-0.1, -0.05) is 121 Å². The standard InChI is InChI=1S/C27H19FN4O3S.C25H23FN6O4.C25H20FN5O3.C25H19FN4O3S.4CH4/c1-16-24(27(34)32(31(16)2)19-6-4-3-5-7-19)22(33)13-17-8-9-23(20(28)12-17)35-25-18(14-29)15-30-21-10-11-36-26(21)25;1-5-6-14(2)32-25(35)22(15(3)30(32)4)20(33)10-16-7-8-21(18(26)9-16)36-24-19-11-17(23(27)34)12-31(19)29-13-28-24;1-16-24(25(33)31(29(16)2)18-6-4-3-5-7-18)20(32)15-17-8-9-21(19(26)14-17)34-23-11-12-27-22-10-13-28-30(22)23;1-15-22(25(32)30(29(15)2)17-6-4-3-5-7-17)20(31)13-16-8-9-21(18(26)12-16)33-24-23-19(10-11-34-23)27-14-28-24;;;;/h3-12,15H,13H2,1-2H3;5-9,11-13H,2,10H2,1,3-4H3,(H2,27,34);3-14H,15H2,1-2H3;3-12,14H,13H2,1-2H3;4*1H4/b;6-5-;;;;;;. The van der Waals surface area contributed by atoms with Gasteiger partial charge in [-0.15, -0.1) is 22.7 Å². The summed E-state index contributed by atoms with van der Waals surface area (Å²) in [6, 6.07) is 54.4. The molecule has 0 aliphatic rings. The maximum atomic E-state index is 15.0. The van der Waals surface area contributed by atoms with Crippen LogP contribution in [0, 0.1) is 62.3 Å². The van der Waals surface area contributed by atoms with Gasteiger partial charge >= 0.3 is 0 Å². The molecular weight excluding hydrogens is 1890 g/mol. The smallest absolute Gasteiger partial charge is 0.282 e. The van der Waals surface area contributed by atoms with Crippen molar-refractivity contribution in [3.8, 4) is 69.5 Å². The van der Waals surface area contributed by atoms with Crippen molar-refractivity contribution in [3.05, 3.63) is 404 Å². The van der Waals surface area contributed by atoms with Gasteiger partial charge in [-0.05, 0) is 177 Å². The van der Waals surface area contributed by atoms with E-state index >= 15 is 0 Å². The number of nitrogens with zero attached hydrogens (tertiary/aromatic N) is 18. The van der Waals surface area contributed by atoms with Crippen molar-refractivity contribution in [1.82, 2.24) is 81.6 Å². The third-order valence-electron chi connectivity index (χ3n) is 22.9. The Balaban J connectivity index is 0.000000170. The van der Waals surface area contributed by atoms with E-state index in [0.717, 1.165) is 16.3 Å². The second-order valence-corrected chi connectivity index (χ2v) is 33.5. The number of ether oxygens (including phenoxy) is 4. The number of ketones is 4.